The molecule has 2 atom stereocenters. The van der Waals surface area contributed by atoms with Crippen LogP contribution in [0.25, 0.3) is 0 Å². The van der Waals surface area contributed by atoms with Crippen LogP contribution in [-0.4, -0.2) is 29.2 Å². The number of hydrogen-bond acceptors (Lipinski definition) is 3. The van der Waals surface area contributed by atoms with Crippen LogP contribution in [0, 0.1) is 6.92 Å². The van der Waals surface area contributed by atoms with Gasteiger partial charge in [-0.05, 0) is 44.7 Å². The van der Waals surface area contributed by atoms with Crippen LogP contribution in [0.15, 0.2) is 24.3 Å². The van der Waals surface area contributed by atoms with Crippen LogP contribution < -0.4 is 10.6 Å². The van der Waals surface area contributed by atoms with Crippen molar-refractivity contribution in [1.82, 2.24) is 0 Å². The van der Waals surface area contributed by atoms with E-state index in [1.807, 2.05) is 12.1 Å². The van der Waals surface area contributed by atoms with E-state index in [-0.39, 0.29) is 6.04 Å². The molecule has 0 amide bonds. The van der Waals surface area contributed by atoms with Gasteiger partial charge in [0.05, 0.1) is 0 Å². The Morgan fingerprint density at radius 3 is 2.74 bits per heavy atom. The molecule has 0 aliphatic heterocycles. The van der Waals surface area contributed by atoms with Crippen LogP contribution >= 0.6 is 0 Å². The van der Waals surface area contributed by atoms with Gasteiger partial charge < -0.3 is 15.7 Å². The van der Waals surface area contributed by atoms with E-state index in [0.717, 1.165) is 13.0 Å². The number of carboxylic acid groups (broad SMARTS) is 1. The number of rotatable bonds is 4. The van der Waals surface area contributed by atoms with Gasteiger partial charge in [-0.3, -0.25) is 4.79 Å². The van der Waals surface area contributed by atoms with Gasteiger partial charge in [-0.25, -0.2) is 0 Å². The smallest absolute Gasteiger partial charge is 0.323 e. The minimum Gasteiger partial charge on any atom is -0.480 e. The van der Waals surface area contributed by atoms with Crippen molar-refractivity contribution in [1.29, 1.82) is 0 Å². The lowest BCUT2D eigenvalue weighted by molar-refractivity contribution is -0.143. The number of para-hydroxylation sites is 1. The quantitative estimate of drug-likeness (QED) is 0.872. The molecule has 0 spiro atoms. The maximum absolute atomic E-state index is 11.2. The molecular formula is C15H22N2O2. The van der Waals surface area contributed by atoms with Gasteiger partial charge in [0.25, 0.3) is 0 Å². The minimum absolute atomic E-state index is 0.215. The van der Waals surface area contributed by atoms with Crippen LogP contribution in [0.5, 0.6) is 0 Å². The summed E-state index contributed by atoms with van der Waals surface area (Å²) in [6.45, 7) is 5.05. The van der Waals surface area contributed by atoms with Gasteiger partial charge in [-0.2, -0.15) is 0 Å². The fraction of sp³-hybridized carbons (Fsp3) is 0.533. The monoisotopic (exact) mass is 262 g/mol. The third-order valence-corrected chi connectivity index (χ3v) is 4.16. The summed E-state index contributed by atoms with van der Waals surface area (Å²) >= 11 is 0. The molecule has 0 bridgehead atoms. The molecule has 4 heteroatoms. The molecule has 1 saturated carbocycles. The highest BCUT2D eigenvalue weighted by Crippen LogP contribution is 2.34. The summed E-state index contributed by atoms with van der Waals surface area (Å²) in [5.41, 5.74) is 7.32. The van der Waals surface area contributed by atoms with E-state index >= 15 is 0 Å². The molecule has 0 heterocycles. The molecule has 2 unspecified atom stereocenters. The number of hydrogen-bond donors (Lipinski definition) is 2. The van der Waals surface area contributed by atoms with Crippen molar-refractivity contribution >= 4 is 11.7 Å². The maximum Gasteiger partial charge on any atom is 0.323 e. The molecule has 2 rings (SSSR count). The van der Waals surface area contributed by atoms with E-state index in [9.17, 15) is 9.90 Å². The van der Waals surface area contributed by atoms with Gasteiger partial charge in [0.1, 0.15) is 5.54 Å². The summed E-state index contributed by atoms with van der Waals surface area (Å²) in [6.07, 6.45) is 1.91. The highest BCUT2D eigenvalue weighted by molar-refractivity contribution is 5.79. The first-order chi connectivity index (χ1) is 8.98. The number of nitrogens with zero attached hydrogens (tertiary/aromatic N) is 1. The van der Waals surface area contributed by atoms with Gasteiger partial charge in [-0.1, -0.05) is 18.2 Å². The van der Waals surface area contributed by atoms with Crippen LogP contribution in [-0.2, 0) is 4.79 Å². The van der Waals surface area contributed by atoms with Crippen molar-refractivity contribution in [2.45, 2.75) is 44.7 Å². The SMILES string of the molecule is CCN(c1ccccc1C)C1CCC(N)(C(=O)O)C1. The number of nitrogens with two attached hydrogens (primary N) is 1. The molecule has 104 valence electrons. The Hall–Kier alpha value is -1.55. The van der Waals surface area contributed by atoms with Crippen molar-refractivity contribution in [3.8, 4) is 0 Å². The van der Waals surface area contributed by atoms with E-state index in [1.165, 1.54) is 11.3 Å². The number of aryl methyl sites for hydroxylation is 1. The van der Waals surface area contributed by atoms with Crippen LogP contribution in [0.4, 0.5) is 5.69 Å². The summed E-state index contributed by atoms with van der Waals surface area (Å²) < 4.78 is 0. The third kappa shape index (κ3) is 2.59. The molecule has 1 aromatic carbocycles. The maximum atomic E-state index is 11.2. The molecule has 1 aliphatic rings. The molecular weight excluding hydrogens is 240 g/mol. The number of carbonyl (C=O) groups is 1. The average Bonchev–Trinajstić information content (AvgIpc) is 2.77. The topological polar surface area (TPSA) is 66.6 Å². The molecule has 4 nitrogen and oxygen atoms in total. The Morgan fingerprint density at radius 1 is 1.53 bits per heavy atom. The van der Waals surface area contributed by atoms with Gasteiger partial charge in [0.2, 0.25) is 0 Å². The Morgan fingerprint density at radius 2 is 2.21 bits per heavy atom. The largest absolute Gasteiger partial charge is 0.480 e. The van der Waals surface area contributed by atoms with E-state index in [1.54, 1.807) is 0 Å². The van der Waals surface area contributed by atoms with E-state index in [4.69, 9.17) is 5.73 Å². The average molecular weight is 262 g/mol. The zero-order valence-corrected chi connectivity index (χ0v) is 11.6. The van der Waals surface area contributed by atoms with Crippen molar-refractivity contribution in [2.24, 2.45) is 5.73 Å². The Kier molecular flexibility index (Phi) is 3.80. The minimum atomic E-state index is -1.05. The zero-order valence-electron chi connectivity index (χ0n) is 11.6. The van der Waals surface area contributed by atoms with Gasteiger partial charge >= 0.3 is 5.97 Å². The molecule has 19 heavy (non-hydrogen) atoms. The van der Waals surface area contributed by atoms with E-state index in [2.05, 4.69) is 30.9 Å². The summed E-state index contributed by atoms with van der Waals surface area (Å²) in [4.78, 5) is 13.5. The lowest BCUT2D eigenvalue weighted by Crippen LogP contribution is -2.47. The lowest BCUT2D eigenvalue weighted by atomic mass is 9.99. The molecule has 0 saturated heterocycles. The molecule has 1 aromatic rings. The van der Waals surface area contributed by atoms with Crippen LogP contribution in [0.2, 0.25) is 0 Å². The fourth-order valence-electron chi connectivity index (χ4n) is 3.02. The van der Waals surface area contributed by atoms with Crippen LogP contribution in [0.3, 0.4) is 0 Å². The number of benzene rings is 1. The fourth-order valence-corrected chi connectivity index (χ4v) is 3.02. The van der Waals surface area contributed by atoms with E-state index < -0.39 is 11.5 Å². The summed E-state index contributed by atoms with van der Waals surface area (Å²) in [6, 6.07) is 8.43. The molecule has 1 aliphatic carbocycles. The van der Waals surface area contributed by atoms with Crippen molar-refractivity contribution in [3.05, 3.63) is 29.8 Å². The van der Waals surface area contributed by atoms with Crippen molar-refractivity contribution in [3.63, 3.8) is 0 Å². The normalized spacial score (nSPS) is 26.4. The second-order valence-corrected chi connectivity index (χ2v) is 5.43. The van der Waals surface area contributed by atoms with Gasteiger partial charge in [-0.15, -0.1) is 0 Å². The van der Waals surface area contributed by atoms with Crippen molar-refractivity contribution < 1.29 is 9.90 Å². The molecule has 0 radical (unpaired) electrons. The Bertz CT molecular complexity index is 475. The number of anilines is 1. The van der Waals surface area contributed by atoms with Crippen molar-refractivity contribution in [2.75, 3.05) is 11.4 Å². The molecule has 3 N–H and O–H groups in total. The second kappa shape index (κ2) is 5.21. The first-order valence-corrected chi connectivity index (χ1v) is 6.82. The lowest BCUT2D eigenvalue weighted by Gasteiger charge is -2.32. The Balaban J connectivity index is 2.21. The summed E-state index contributed by atoms with van der Waals surface area (Å²) in [5.74, 6) is -0.879. The highest BCUT2D eigenvalue weighted by atomic mass is 16.4. The number of carboxylic acids is 1. The number of aliphatic carboxylic acids is 1. The standard InChI is InChI=1S/C15H22N2O2/c1-3-17(13-7-5-4-6-11(13)2)12-8-9-15(16,10-12)14(18)19/h4-7,12H,3,8-10,16H2,1-2H3,(H,18,19). The first-order valence-electron chi connectivity index (χ1n) is 6.82. The predicted molar refractivity (Wildman–Crippen MR) is 76.4 cm³/mol. The highest BCUT2D eigenvalue weighted by Gasteiger charge is 2.43. The van der Waals surface area contributed by atoms with Crippen LogP contribution in [0.1, 0.15) is 31.7 Å². The van der Waals surface area contributed by atoms with E-state index in [0.29, 0.717) is 12.8 Å². The second-order valence-electron chi connectivity index (χ2n) is 5.43. The summed E-state index contributed by atoms with van der Waals surface area (Å²) in [5, 5.41) is 9.23. The molecule has 1 fully saturated rings. The molecule has 0 aromatic heterocycles. The predicted octanol–water partition coefficient (Wildman–Crippen LogP) is 2.16. The third-order valence-electron chi connectivity index (χ3n) is 4.16. The van der Waals surface area contributed by atoms with Gasteiger partial charge in [0, 0.05) is 18.3 Å². The first kappa shape index (κ1) is 13.9. The zero-order chi connectivity index (χ0) is 14.0. The summed E-state index contributed by atoms with van der Waals surface area (Å²) in [7, 11) is 0. The van der Waals surface area contributed by atoms with Gasteiger partial charge in [0.15, 0.2) is 0 Å². The Labute approximate surface area is 114 Å².